The molecule has 1 aromatic carbocycles. The SMILES string of the molecule is COCC(C)n1ccc(NC(=O)c2cccc(C(=O)O)c2)n1. The first-order valence-electron chi connectivity index (χ1n) is 6.70. The minimum atomic E-state index is -1.08. The molecule has 22 heavy (non-hydrogen) atoms. The molecule has 7 nitrogen and oxygen atoms in total. The number of benzene rings is 1. The fraction of sp³-hybridized carbons (Fsp3) is 0.267. The Morgan fingerprint density at radius 2 is 2.09 bits per heavy atom. The van der Waals surface area contributed by atoms with Crippen LogP contribution in [0.3, 0.4) is 0 Å². The maximum Gasteiger partial charge on any atom is 0.335 e. The van der Waals surface area contributed by atoms with Gasteiger partial charge in [0.15, 0.2) is 5.82 Å². The molecule has 1 unspecified atom stereocenters. The van der Waals surface area contributed by atoms with E-state index >= 15 is 0 Å². The Labute approximate surface area is 127 Å². The van der Waals surface area contributed by atoms with Gasteiger partial charge in [0.2, 0.25) is 0 Å². The number of anilines is 1. The lowest BCUT2D eigenvalue weighted by Gasteiger charge is -2.10. The molecule has 0 aliphatic heterocycles. The monoisotopic (exact) mass is 303 g/mol. The van der Waals surface area contributed by atoms with Crippen molar-refractivity contribution >= 4 is 17.7 Å². The van der Waals surface area contributed by atoms with Gasteiger partial charge in [0, 0.05) is 24.9 Å². The van der Waals surface area contributed by atoms with Crippen molar-refractivity contribution in [1.82, 2.24) is 9.78 Å². The topological polar surface area (TPSA) is 93.5 Å². The minimum Gasteiger partial charge on any atom is -0.478 e. The van der Waals surface area contributed by atoms with Crippen LogP contribution in [0.25, 0.3) is 0 Å². The number of carbonyl (C=O) groups is 2. The van der Waals surface area contributed by atoms with Gasteiger partial charge in [0.05, 0.1) is 18.2 Å². The highest BCUT2D eigenvalue weighted by Gasteiger charge is 2.12. The first kappa shape index (κ1) is 15.7. The quantitative estimate of drug-likeness (QED) is 0.851. The van der Waals surface area contributed by atoms with Crippen LogP contribution in [0.4, 0.5) is 5.82 Å². The molecule has 0 spiro atoms. The van der Waals surface area contributed by atoms with E-state index in [9.17, 15) is 9.59 Å². The Hall–Kier alpha value is -2.67. The van der Waals surface area contributed by atoms with Crippen LogP contribution in [0.5, 0.6) is 0 Å². The number of carbonyl (C=O) groups excluding carboxylic acids is 1. The van der Waals surface area contributed by atoms with E-state index in [-0.39, 0.29) is 17.2 Å². The van der Waals surface area contributed by atoms with E-state index in [1.165, 1.54) is 18.2 Å². The lowest BCUT2D eigenvalue weighted by atomic mass is 10.1. The number of amides is 1. The van der Waals surface area contributed by atoms with Gasteiger partial charge in [-0.25, -0.2) is 4.79 Å². The summed E-state index contributed by atoms with van der Waals surface area (Å²) in [6.45, 7) is 2.45. The number of rotatable bonds is 6. The van der Waals surface area contributed by atoms with Crippen LogP contribution in [0, 0.1) is 0 Å². The number of hydrogen-bond donors (Lipinski definition) is 2. The number of ether oxygens (including phenoxy) is 1. The molecule has 116 valence electrons. The summed E-state index contributed by atoms with van der Waals surface area (Å²) in [6.07, 6.45) is 1.74. The lowest BCUT2D eigenvalue weighted by Crippen LogP contribution is -2.15. The third-order valence-corrected chi connectivity index (χ3v) is 3.08. The fourth-order valence-electron chi connectivity index (χ4n) is 1.95. The molecule has 1 amide bonds. The summed E-state index contributed by atoms with van der Waals surface area (Å²) >= 11 is 0. The Balaban J connectivity index is 2.09. The van der Waals surface area contributed by atoms with Crippen molar-refractivity contribution in [3.05, 3.63) is 47.7 Å². The van der Waals surface area contributed by atoms with Gasteiger partial charge in [-0.2, -0.15) is 5.10 Å². The minimum absolute atomic E-state index is 0.0472. The highest BCUT2D eigenvalue weighted by Crippen LogP contribution is 2.12. The van der Waals surface area contributed by atoms with Crippen molar-refractivity contribution in [2.24, 2.45) is 0 Å². The van der Waals surface area contributed by atoms with Crippen molar-refractivity contribution in [3.63, 3.8) is 0 Å². The summed E-state index contributed by atoms with van der Waals surface area (Å²) in [5.74, 6) is -1.09. The molecule has 0 saturated heterocycles. The second-order valence-corrected chi connectivity index (χ2v) is 4.83. The van der Waals surface area contributed by atoms with Gasteiger partial charge in [-0.3, -0.25) is 9.48 Å². The fourth-order valence-corrected chi connectivity index (χ4v) is 1.95. The van der Waals surface area contributed by atoms with Crippen LogP contribution in [0.1, 0.15) is 33.7 Å². The van der Waals surface area contributed by atoms with E-state index in [0.29, 0.717) is 12.4 Å². The van der Waals surface area contributed by atoms with Crippen LogP contribution in [0.2, 0.25) is 0 Å². The Morgan fingerprint density at radius 3 is 2.77 bits per heavy atom. The number of nitrogens with one attached hydrogen (secondary N) is 1. The van der Waals surface area contributed by atoms with Crippen molar-refractivity contribution < 1.29 is 19.4 Å². The molecule has 0 radical (unpaired) electrons. The van der Waals surface area contributed by atoms with E-state index in [1.807, 2.05) is 6.92 Å². The zero-order valence-electron chi connectivity index (χ0n) is 12.3. The van der Waals surface area contributed by atoms with Crippen LogP contribution in [0.15, 0.2) is 36.5 Å². The second kappa shape index (κ2) is 6.86. The Kier molecular flexibility index (Phi) is 4.90. The van der Waals surface area contributed by atoms with Crippen LogP contribution < -0.4 is 5.32 Å². The summed E-state index contributed by atoms with van der Waals surface area (Å²) in [6, 6.07) is 7.54. The predicted octanol–water partition coefficient (Wildman–Crippen LogP) is 2.04. The number of carboxylic acids is 1. The molecule has 2 rings (SSSR count). The van der Waals surface area contributed by atoms with E-state index in [4.69, 9.17) is 9.84 Å². The maximum absolute atomic E-state index is 12.1. The standard InChI is InChI=1S/C15H17N3O4/c1-10(9-22-2)18-7-6-13(17-18)16-14(19)11-4-3-5-12(8-11)15(20)21/h3-8,10H,9H2,1-2H3,(H,20,21)(H,16,17,19). The van der Waals surface area contributed by atoms with Gasteiger partial charge >= 0.3 is 5.97 Å². The molecule has 2 aromatic rings. The van der Waals surface area contributed by atoms with Crippen molar-refractivity contribution in [3.8, 4) is 0 Å². The van der Waals surface area contributed by atoms with E-state index in [1.54, 1.807) is 30.1 Å². The van der Waals surface area contributed by atoms with E-state index < -0.39 is 11.9 Å². The van der Waals surface area contributed by atoms with Gasteiger partial charge in [-0.1, -0.05) is 6.07 Å². The molecule has 0 aliphatic rings. The zero-order chi connectivity index (χ0) is 16.1. The van der Waals surface area contributed by atoms with Crippen LogP contribution in [-0.4, -0.2) is 40.5 Å². The van der Waals surface area contributed by atoms with Crippen LogP contribution in [-0.2, 0) is 4.74 Å². The molecular weight excluding hydrogens is 286 g/mol. The number of aromatic nitrogens is 2. The zero-order valence-corrected chi connectivity index (χ0v) is 12.3. The molecule has 0 fully saturated rings. The number of carboxylic acid groups (broad SMARTS) is 1. The first-order valence-corrected chi connectivity index (χ1v) is 6.70. The molecule has 0 bridgehead atoms. The second-order valence-electron chi connectivity index (χ2n) is 4.83. The summed E-state index contributed by atoms with van der Waals surface area (Å²) in [4.78, 5) is 23.0. The summed E-state index contributed by atoms with van der Waals surface area (Å²) in [5, 5.41) is 15.8. The molecule has 1 aromatic heterocycles. The average Bonchev–Trinajstić information content (AvgIpc) is 2.96. The molecule has 1 atom stereocenters. The normalized spacial score (nSPS) is 11.9. The average molecular weight is 303 g/mol. The van der Waals surface area contributed by atoms with Crippen molar-refractivity contribution in [1.29, 1.82) is 0 Å². The molecular formula is C15H17N3O4. The number of methoxy groups -OCH3 is 1. The van der Waals surface area contributed by atoms with Gasteiger partial charge in [-0.05, 0) is 25.1 Å². The Morgan fingerprint density at radius 1 is 1.36 bits per heavy atom. The van der Waals surface area contributed by atoms with Gasteiger partial charge in [-0.15, -0.1) is 0 Å². The molecule has 2 N–H and O–H groups in total. The highest BCUT2D eigenvalue weighted by atomic mass is 16.5. The number of hydrogen-bond acceptors (Lipinski definition) is 4. The number of nitrogens with zero attached hydrogens (tertiary/aromatic N) is 2. The van der Waals surface area contributed by atoms with Crippen molar-refractivity contribution in [2.75, 3.05) is 19.0 Å². The molecule has 0 saturated carbocycles. The van der Waals surface area contributed by atoms with E-state index in [0.717, 1.165) is 0 Å². The van der Waals surface area contributed by atoms with Gasteiger partial charge < -0.3 is 15.2 Å². The highest BCUT2D eigenvalue weighted by molar-refractivity contribution is 6.05. The summed E-state index contributed by atoms with van der Waals surface area (Å²) < 4.78 is 6.74. The summed E-state index contributed by atoms with van der Waals surface area (Å²) in [7, 11) is 1.61. The molecule has 0 aliphatic carbocycles. The predicted molar refractivity (Wildman–Crippen MR) is 80.2 cm³/mol. The number of aromatic carboxylic acids is 1. The third kappa shape index (κ3) is 3.70. The Bertz CT molecular complexity index is 681. The van der Waals surface area contributed by atoms with Crippen molar-refractivity contribution in [2.45, 2.75) is 13.0 Å². The third-order valence-electron chi connectivity index (χ3n) is 3.08. The van der Waals surface area contributed by atoms with Gasteiger partial charge in [0.1, 0.15) is 0 Å². The van der Waals surface area contributed by atoms with E-state index in [2.05, 4.69) is 10.4 Å². The van der Waals surface area contributed by atoms with Gasteiger partial charge in [0.25, 0.3) is 5.91 Å². The first-order chi connectivity index (χ1) is 10.5. The lowest BCUT2D eigenvalue weighted by molar-refractivity contribution is 0.0697. The molecule has 7 heteroatoms. The van der Waals surface area contributed by atoms with Crippen LogP contribution >= 0.6 is 0 Å². The molecule has 1 heterocycles. The summed E-state index contributed by atoms with van der Waals surface area (Å²) in [5.41, 5.74) is 0.325. The smallest absolute Gasteiger partial charge is 0.335 e. The maximum atomic E-state index is 12.1. The largest absolute Gasteiger partial charge is 0.478 e.